The van der Waals surface area contributed by atoms with Crippen molar-refractivity contribution in [2.75, 3.05) is 32.0 Å². The van der Waals surface area contributed by atoms with Gasteiger partial charge in [-0.1, -0.05) is 17.4 Å². The predicted molar refractivity (Wildman–Crippen MR) is 106 cm³/mol. The lowest BCUT2D eigenvalue weighted by Crippen LogP contribution is -2.34. The van der Waals surface area contributed by atoms with Crippen LogP contribution in [0.15, 0.2) is 34.1 Å². The number of fused-ring (bicyclic) bond motifs is 1. The number of anilines is 1. The Hall–Kier alpha value is -1.90. The summed E-state index contributed by atoms with van der Waals surface area (Å²) in [4.78, 5) is 26.1. The summed E-state index contributed by atoms with van der Waals surface area (Å²) in [5, 5.41) is 5.73. The van der Waals surface area contributed by atoms with Gasteiger partial charge in [-0.15, -0.1) is 0 Å². The molecule has 2 N–H and O–H groups in total. The molecular formula is C18H20BrN3O3S. The first kappa shape index (κ1) is 18.9. The largest absolute Gasteiger partial charge is 0.413 e. The molecule has 0 unspecified atom stereocenters. The summed E-state index contributed by atoms with van der Waals surface area (Å²) in [7, 11) is 2.12. The summed E-state index contributed by atoms with van der Waals surface area (Å²) in [6, 6.07) is 9.47. The number of hydrogen-bond donors (Lipinski definition) is 2. The first-order valence-corrected chi connectivity index (χ1v) is 9.92. The first-order chi connectivity index (χ1) is 12.5. The molecule has 0 radical (unpaired) electrons. The van der Waals surface area contributed by atoms with Gasteiger partial charge in [-0.25, -0.2) is 4.79 Å². The van der Waals surface area contributed by atoms with E-state index < -0.39 is 6.09 Å². The van der Waals surface area contributed by atoms with E-state index in [1.165, 1.54) is 22.5 Å². The SMILES string of the molecule is CN1CCc2ccc(NC(=O)CNC(=O)Oc3ccc(Br)s3)cc2CC1. The lowest BCUT2D eigenvalue weighted by molar-refractivity contribution is -0.115. The number of carbonyl (C=O) groups excluding carboxylic acids is 2. The van der Waals surface area contributed by atoms with Gasteiger partial charge in [-0.05, 0) is 71.2 Å². The summed E-state index contributed by atoms with van der Waals surface area (Å²) in [6.07, 6.45) is 1.34. The second-order valence-corrected chi connectivity index (χ2v) is 8.56. The van der Waals surface area contributed by atoms with Gasteiger partial charge in [0.25, 0.3) is 0 Å². The van der Waals surface area contributed by atoms with Crippen molar-refractivity contribution in [1.29, 1.82) is 0 Å². The number of likely N-dealkylation sites (N-methyl/N-ethyl adjacent to an activating group) is 1. The fourth-order valence-electron chi connectivity index (χ4n) is 2.75. The van der Waals surface area contributed by atoms with Crippen molar-refractivity contribution in [3.63, 3.8) is 0 Å². The molecule has 1 aromatic carbocycles. The monoisotopic (exact) mass is 437 g/mol. The standard InChI is InChI=1S/C18H20BrN3O3S/c1-22-8-6-12-2-3-14(10-13(12)7-9-22)21-16(23)11-20-18(24)25-17-5-4-15(19)26-17/h2-5,10H,6-9,11H2,1H3,(H,20,24)(H,21,23). The molecule has 1 aliphatic heterocycles. The van der Waals surface area contributed by atoms with Crippen LogP contribution in [0.2, 0.25) is 0 Å². The molecule has 0 atom stereocenters. The zero-order chi connectivity index (χ0) is 18.5. The maximum atomic E-state index is 12.1. The van der Waals surface area contributed by atoms with Gasteiger partial charge in [0.05, 0.1) is 3.79 Å². The quantitative estimate of drug-likeness (QED) is 0.769. The molecule has 1 aromatic heterocycles. The fraction of sp³-hybridized carbons (Fsp3) is 0.333. The maximum absolute atomic E-state index is 12.1. The Morgan fingerprint density at radius 1 is 1.19 bits per heavy atom. The van der Waals surface area contributed by atoms with Crippen molar-refractivity contribution in [2.24, 2.45) is 0 Å². The third-order valence-electron chi connectivity index (χ3n) is 4.15. The summed E-state index contributed by atoms with van der Waals surface area (Å²) in [5.74, 6) is -0.292. The molecular weight excluding hydrogens is 418 g/mol. The van der Waals surface area contributed by atoms with Crippen LogP contribution in [0, 0.1) is 0 Å². The van der Waals surface area contributed by atoms with Crippen LogP contribution in [0.3, 0.4) is 0 Å². The second-order valence-electron chi connectivity index (χ2n) is 6.14. The number of thiophene rings is 1. The van der Waals surface area contributed by atoms with E-state index in [1.54, 1.807) is 12.1 Å². The molecule has 0 spiro atoms. The minimum Gasteiger partial charge on any atom is -0.399 e. The molecule has 1 aliphatic rings. The molecule has 26 heavy (non-hydrogen) atoms. The van der Waals surface area contributed by atoms with Gasteiger partial charge in [0.15, 0.2) is 5.06 Å². The zero-order valence-corrected chi connectivity index (χ0v) is 16.8. The van der Waals surface area contributed by atoms with E-state index in [0.29, 0.717) is 5.06 Å². The third kappa shape index (κ3) is 5.30. The molecule has 0 saturated heterocycles. The molecule has 138 valence electrons. The Balaban J connectivity index is 1.49. The summed E-state index contributed by atoms with van der Waals surface area (Å²) in [5.41, 5.74) is 3.34. The van der Waals surface area contributed by atoms with Gasteiger partial charge in [0, 0.05) is 18.8 Å². The Morgan fingerprint density at radius 3 is 2.69 bits per heavy atom. The average molecular weight is 438 g/mol. The van der Waals surface area contributed by atoms with Crippen molar-refractivity contribution < 1.29 is 14.3 Å². The highest BCUT2D eigenvalue weighted by Gasteiger charge is 2.13. The van der Waals surface area contributed by atoms with Crippen molar-refractivity contribution in [3.05, 3.63) is 45.2 Å². The number of nitrogens with zero attached hydrogens (tertiary/aromatic N) is 1. The van der Waals surface area contributed by atoms with E-state index in [9.17, 15) is 9.59 Å². The van der Waals surface area contributed by atoms with Crippen LogP contribution in [-0.2, 0) is 17.6 Å². The van der Waals surface area contributed by atoms with Crippen LogP contribution in [0.4, 0.5) is 10.5 Å². The van der Waals surface area contributed by atoms with E-state index in [0.717, 1.165) is 35.4 Å². The minimum atomic E-state index is -0.653. The van der Waals surface area contributed by atoms with Gasteiger partial charge in [-0.2, -0.15) is 0 Å². The average Bonchev–Trinajstić information content (AvgIpc) is 2.92. The molecule has 0 saturated carbocycles. The predicted octanol–water partition coefficient (Wildman–Crippen LogP) is 3.27. The zero-order valence-electron chi connectivity index (χ0n) is 14.4. The van der Waals surface area contributed by atoms with E-state index in [4.69, 9.17) is 4.74 Å². The minimum absolute atomic E-state index is 0.148. The van der Waals surface area contributed by atoms with Crippen molar-refractivity contribution in [1.82, 2.24) is 10.2 Å². The molecule has 0 bridgehead atoms. The first-order valence-electron chi connectivity index (χ1n) is 8.31. The third-order valence-corrected chi connectivity index (χ3v) is 5.65. The highest BCUT2D eigenvalue weighted by atomic mass is 79.9. The Morgan fingerprint density at radius 2 is 1.96 bits per heavy atom. The molecule has 0 aliphatic carbocycles. The second kappa shape index (κ2) is 8.66. The number of nitrogens with one attached hydrogen (secondary N) is 2. The van der Waals surface area contributed by atoms with Gasteiger partial charge in [0.1, 0.15) is 6.54 Å². The summed E-state index contributed by atoms with van der Waals surface area (Å²) >= 11 is 4.59. The van der Waals surface area contributed by atoms with Crippen molar-refractivity contribution in [2.45, 2.75) is 12.8 Å². The lowest BCUT2D eigenvalue weighted by Gasteiger charge is -2.11. The number of hydrogen-bond acceptors (Lipinski definition) is 5. The highest BCUT2D eigenvalue weighted by molar-refractivity contribution is 9.11. The van der Waals surface area contributed by atoms with Gasteiger partial charge < -0.3 is 20.3 Å². The topological polar surface area (TPSA) is 70.7 Å². The highest BCUT2D eigenvalue weighted by Crippen LogP contribution is 2.28. The Bertz CT molecular complexity index is 809. The number of benzene rings is 1. The molecule has 2 amide bonds. The molecule has 3 rings (SSSR count). The summed E-state index contributed by atoms with van der Waals surface area (Å²) in [6.45, 7) is 1.91. The number of ether oxygens (including phenoxy) is 1. The van der Waals surface area contributed by atoms with Crippen LogP contribution in [0.25, 0.3) is 0 Å². The molecule has 2 aromatic rings. The van der Waals surface area contributed by atoms with Crippen LogP contribution in [0.1, 0.15) is 11.1 Å². The van der Waals surface area contributed by atoms with Crippen molar-refractivity contribution in [3.8, 4) is 5.06 Å². The van der Waals surface area contributed by atoms with Gasteiger partial charge >= 0.3 is 6.09 Å². The van der Waals surface area contributed by atoms with Gasteiger partial charge in [-0.3, -0.25) is 4.79 Å². The fourth-order valence-corrected chi connectivity index (χ4v) is 3.94. The van der Waals surface area contributed by atoms with E-state index in [1.807, 2.05) is 12.1 Å². The Kier molecular flexibility index (Phi) is 6.29. The number of carbonyl (C=O) groups is 2. The maximum Gasteiger partial charge on any atom is 0.413 e. The smallest absolute Gasteiger partial charge is 0.399 e. The van der Waals surface area contributed by atoms with Gasteiger partial charge in [0.2, 0.25) is 5.91 Å². The molecule has 0 fully saturated rings. The van der Waals surface area contributed by atoms with Crippen LogP contribution >= 0.6 is 27.3 Å². The van der Waals surface area contributed by atoms with E-state index in [2.05, 4.69) is 44.6 Å². The van der Waals surface area contributed by atoms with Crippen LogP contribution in [0.5, 0.6) is 5.06 Å². The van der Waals surface area contributed by atoms with E-state index >= 15 is 0 Å². The Labute approximate surface area is 164 Å². The molecule has 6 nitrogen and oxygen atoms in total. The van der Waals surface area contributed by atoms with Crippen LogP contribution in [-0.4, -0.2) is 43.6 Å². The normalized spacial score (nSPS) is 14.2. The summed E-state index contributed by atoms with van der Waals surface area (Å²) < 4.78 is 5.96. The lowest BCUT2D eigenvalue weighted by atomic mass is 10.0. The number of halogens is 1. The van der Waals surface area contributed by atoms with Crippen LogP contribution < -0.4 is 15.4 Å². The van der Waals surface area contributed by atoms with E-state index in [-0.39, 0.29) is 12.5 Å². The molecule has 2 heterocycles. The van der Waals surface area contributed by atoms with Crippen molar-refractivity contribution >= 4 is 45.0 Å². The number of amides is 2. The number of rotatable bonds is 4. The molecule has 8 heteroatoms.